The molecule has 0 bridgehead atoms. The molecule has 0 unspecified atom stereocenters. The van der Waals surface area contributed by atoms with Gasteiger partial charge in [0, 0.05) is 11.1 Å². The Hall–Kier alpha value is -1.23. The van der Waals surface area contributed by atoms with Gasteiger partial charge in [-0.3, -0.25) is 0 Å². The molecule has 112 valence electrons. The summed E-state index contributed by atoms with van der Waals surface area (Å²) in [5.74, 6) is 0.0156. The minimum Gasteiger partial charge on any atom is -0.377 e. The molecule has 2 rings (SSSR count). The summed E-state index contributed by atoms with van der Waals surface area (Å²) in [7, 11) is -3.97. The number of halogens is 2. The molecule has 0 saturated heterocycles. The van der Waals surface area contributed by atoms with E-state index in [1.165, 1.54) is 12.1 Å². The van der Waals surface area contributed by atoms with E-state index in [1.54, 1.807) is 19.1 Å². The largest absolute Gasteiger partial charge is 0.377 e. The molecule has 21 heavy (non-hydrogen) atoms. The third-order valence-corrected chi connectivity index (χ3v) is 5.08. The Bertz CT molecular complexity index is 799. The second-order valence-corrected chi connectivity index (χ2v) is 7.17. The summed E-state index contributed by atoms with van der Waals surface area (Å²) in [6, 6.07) is 7.83. The Kier molecular flexibility index (Phi) is 4.51. The highest BCUT2D eigenvalue weighted by Crippen LogP contribution is 2.31. The molecule has 0 saturated carbocycles. The maximum atomic E-state index is 12.4. The van der Waals surface area contributed by atoms with Gasteiger partial charge in [-0.25, -0.2) is 0 Å². The van der Waals surface area contributed by atoms with Crippen molar-refractivity contribution >= 4 is 33.3 Å². The fraction of sp³-hybridized carbons (Fsp3) is 0.200. The molecule has 2 aromatic rings. The topological polar surface area (TPSA) is 43.4 Å². The highest BCUT2D eigenvalue weighted by atomic mass is 35.5. The molecule has 0 amide bonds. The first kappa shape index (κ1) is 16.1. The Balaban J connectivity index is 2.48. The van der Waals surface area contributed by atoms with Crippen LogP contribution in [0.1, 0.15) is 16.7 Å². The van der Waals surface area contributed by atoms with Crippen LogP contribution in [0.4, 0.5) is 0 Å². The third-order valence-electron chi connectivity index (χ3n) is 3.15. The van der Waals surface area contributed by atoms with Crippen LogP contribution in [0, 0.1) is 20.8 Å². The van der Waals surface area contributed by atoms with E-state index in [0.29, 0.717) is 10.6 Å². The van der Waals surface area contributed by atoms with Gasteiger partial charge >= 0.3 is 10.1 Å². The number of aryl methyl sites for hydroxylation is 3. The average molecular weight is 345 g/mol. The van der Waals surface area contributed by atoms with Gasteiger partial charge in [0.05, 0.1) is 5.02 Å². The molecule has 2 aromatic carbocycles. The van der Waals surface area contributed by atoms with E-state index in [9.17, 15) is 8.42 Å². The lowest BCUT2D eigenvalue weighted by Crippen LogP contribution is -2.12. The third kappa shape index (κ3) is 3.51. The summed E-state index contributed by atoms with van der Waals surface area (Å²) >= 11 is 11.8. The Morgan fingerprint density at radius 1 is 0.905 bits per heavy atom. The lowest BCUT2D eigenvalue weighted by molar-refractivity contribution is 0.485. The predicted octanol–water partition coefficient (Wildman–Crippen LogP) is 4.69. The minimum atomic E-state index is -3.97. The quantitative estimate of drug-likeness (QED) is 0.758. The molecular weight excluding hydrogens is 331 g/mol. The van der Waals surface area contributed by atoms with E-state index < -0.39 is 10.1 Å². The van der Waals surface area contributed by atoms with Gasteiger partial charge in [0.25, 0.3) is 0 Å². The van der Waals surface area contributed by atoms with Crippen LogP contribution in [-0.4, -0.2) is 8.42 Å². The van der Waals surface area contributed by atoms with Crippen molar-refractivity contribution in [3.8, 4) is 5.75 Å². The van der Waals surface area contributed by atoms with Crippen molar-refractivity contribution in [2.24, 2.45) is 0 Å². The molecule has 6 heteroatoms. The van der Waals surface area contributed by atoms with E-state index in [-0.39, 0.29) is 15.7 Å². The van der Waals surface area contributed by atoms with Gasteiger partial charge in [0.1, 0.15) is 4.90 Å². The van der Waals surface area contributed by atoms with Crippen molar-refractivity contribution in [2.75, 3.05) is 0 Å². The summed E-state index contributed by atoms with van der Waals surface area (Å²) in [5.41, 5.74) is 2.52. The van der Waals surface area contributed by atoms with E-state index in [0.717, 1.165) is 11.1 Å². The lowest BCUT2D eigenvalue weighted by atomic mass is 10.1. The lowest BCUT2D eigenvalue weighted by Gasteiger charge is -2.12. The molecule has 0 aliphatic rings. The van der Waals surface area contributed by atoms with Crippen LogP contribution in [-0.2, 0) is 10.1 Å². The van der Waals surface area contributed by atoms with Crippen molar-refractivity contribution in [1.29, 1.82) is 0 Å². The summed E-state index contributed by atoms with van der Waals surface area (Å²) in [6.07, 6.45) is 0. The van der Waals surface area contributed by atoms with Crippen molar-refractivity contribution in [3.05, 3.63) is 57.1 Å². The Morgan fingerprint density at radius 3 is 2.19 bits per heavy atom. The van der Waals surface area contributed by atoms with E-state index in [2.05, 4.69) is 0 Å². The maximum absolute atomic E-state index is 12.4. The zero-order valence-corrected chi connectivity index (χ0v) is 14.1. The van der Waals surface area contributed by atoms with Crippen LogP contribution < -0.4 is 4.18 Å². The summed E-state index contributed by atoms with van der Waals surface area (Å²) < 4.78 is 30.0. The SMILES string of the molecule is Cc1cc(C)c(S(=O)(=O)Oc2cc(Cl)ccc2Cl)cc1C. The molecule has 0 fully saturated rings. The van der Waals surface area contributed by atoms with Gasteiger partial charge in [-0.2, -0.15) is 8.42 Å². The molecule has 0 aliphatic heterocycles. The fourth-order valence-corrected chi connectivity index (χ4v) is 3.51. The molecule has 3 nitrogen and oxygen atoms in total. The van der Waals surface area contributed by atoms with Gasteiger partial charge < -0.3 is 4.18 Å². The van der Waals surface area contributed by atoms with Gasteiger partial charge in [0.15, 0.2) is 5.75 Å². The van der Waals surface area contributed by atoms with Gasteiger partial charge in [-0.15, -0.1) is 0 Å². The summed E-state index contributed by atoms with van der Waals surface area (Å²) in [6.45, 7) is 5.50. The molecule has 0 radical (unpaired) electrons. The zero-order valence-electron chi connectivity index (χ0n) is 11.8. The smallest absolute Gasteiger partial charge is 0.339 e. The molecular formula is C15H14Cl2O3S. The van der Waals surface area contributed by atoms with E-state index in [1.807, 2.05) is 19.9 Å². The number of benzene rings is 2. The summed E-state index contributed by atoms with van der Waals surface area (Å²) in [4.78, 5) is 0.127. The van der Waals surface area contributed by atoms with Crippen LogP contribution in [0.3, 0.4) is 0 Å². The first-order valence-electron chi connectivity index (χ1n) is 6.18. The van der Waals surface area contributed by atoms with Crippen molar-refractivity contribution in [2.45, 2.75) is 25.7 Å². The first-order chi connectivity index (χ1) is 9.70. The highest BCUT2D eigenvalue weighted by molar-refractivity contribution is 7.87. The average Bonchev–Trinajstić information content (AvgIpc) is 2.37. The molecule has 0 heterocycles. The maximum Gasteiger partial charge on any atom is 0.339 e. The van der Waals surface area contributed by atoms with E-state index in [4.69, 9.17) is 27.4 Å². The molecule has 0 aromatic heterocycles. The molecule has 0 spiro atoms. The molecule has 0 atom stereocenters. The highest BCUT2D eigenvalue weighted by Gasteiger charge is 2.21. The minimum absolute atomic E-state index is 0.0156. The van der Waals surface area contributed by atoms with E-state index >= 15 is 0 Å². The van der Waals surface area contributed by atoms with Crippen LogP contribution in [0.2, 0.25) is 10.0 Å². The second-order valence-electron chi connectivity index (χ2n) is 4.81. The van der Waals surface area contributed by atoms with Crippen molar-refractivity contribution in [3.63, 3.8) is 0 Å². The second kappa shape index (κ2) is 5.87. The van der Waals surface area contributed by atoms with Crippen LogP contribution in [0.5, 0.6) is 5.75 Å². The molecule has 0 N–H and O–H groups in total. The monoisotopic (exact) mass is 344 g/mol. The zero-order chi connectivity index (χ0) is 15.8. The normalized spacial score (nSPS) is 11.5. The van der Waals surface area contributed by atoms with Crippen molar-refractivity contribution in [1.82, 2.24) is 0 Å². The standard InChI is InChI=1S/C15H14Cl2O3S/c1-9-6-11(3)15(7-10(9)2)21(18,19)20-14-8-12(16)4-5-13(14)17/h4-8H,1-3H3. The number of hydrogen-bond donors (Lipinski definition) is 0. The van der Waals surface area contributed by atoms with Gasteiger partial charge in [0.2, 0.25) is 0 Å². The van der Waals surface area contributed by atoms with Gasteiger partial charge in [-0.05, 0) is 55.7 Å². The Labute approximate surface area is 134 Å². The molecule has 0 aliphatic carbocycles. The first-order valence-corrected chi connectivity index (χ1v) is 8.34. The van der Waals surface area contributed by atoms with Crippen LogP contribution in [0.15, 0.2) is 35.2 Å². The van der Waals surface area contributed by atoms with Crippen LogP contribution >= 0.6 is 23.2 Å². The summed E-state index contributed by atoms with van der Waals surface area (Å²) in [5, 5.41) is 0.533. The van der Waals surface area contributed by atoms with Gasteiger partial charge in [-0.1, -0.05) is 29.3 Å². The number of hydrogen-bond acceptors (Lipinski definition) is 3. The number of rotatable bonds is 3. The fourth-order valence-electron chi connectivity index (χ4n) is 1.91. The predicted molar refractivity (Wildman–Crippen MR) is 84.9 cm³/mol. The van der Waals surface area contributed by atoms with Crippen LogP contribution in [0.25, 0.3) is 0 Å². The van der Waals surface area contributed by atoms with Crippen molar-refractivity contribution < 1.29 is 12.6 Å². The Morgan fingerprint density at radius 2 is 1.52 bits per heavy atom.